The summed E-state index contributed by atoms with van der Waals surface area (Å²) in [6.45, 7) is 2.88. The molecule has 0 amide bonds. The molecule has 8 nitrogen and oxygen atoms in total. The van der Waals surface area contributed by atoms with Crippen LogP contribution in [0.1, 0.15) is 28.3 Å². The van der Waals surface area contributed by atoms with E-state index < -0.39 is 27.9 Å². The maximum Gasteiger partial charge on any atom is 0.342 e. The summed E-state index contributed by atoms with van der Waals surface area (Å²) in [6, 6.07) is 0. The van der Waals surface area contributed by atoms with Gasteiger partial charge in [-0.25, -0.2) is 13.2 Å². The summed E-state index contributed by atoms with van der Waals surface area (Å²) in [7, 11) is -2.88. The average Bonchev–Trinajstić information content (AvgIpc) is 3.03. The van der Waals surface area contributed by atoms with E-state index in [9.17, 15) is 18.0 Å². The summed E-state index contributed by atoms with van der Waals surface area (Å²) < 4.78 is 36.4. The number of hydrogen-bond acceptors (Lipinski definition) is 6. The number of aryl methyl sites for hydroxylation is 2. The fourth-order valence-corrected chi connectivity index (χ4v) is 4.46. The number of carboxylic acid groups (broad SMARTS) is 1. The van der Waals surface area contributed by atoms with E-state index in [-0.39, 0.29) is 41.5 Å². The Morgan fingerprint density at radius 2 is 1.95 bits per heavy atom. The lowest BCUT2D eigenvalue weighted by molar-refractivity contribution is -0.141. The largest absolute Gasteiger partial charge is 0.481 e. The SMILES string of the molecule is COC(=O)c1c(C)oc(C)c1S(=O)(=O)N1CCC(C(=O)O)C1. The molecular weight excluding hydrogens is 314 g/mol. The van der Waals surface area contributed by atoms with E-state index >= 15 is 0 Å². The molecule has 2 rings (SSSR count). The maximum absolute atomic E-state index is 12.7. The zero-order chi connectivity index (χ0) is 16.7. The fraction of sp³-hybridized carbons (Fsp3) is 0.538. The van der Waals surface area contributed by atoms with Crippen LogP contribution >= 0.6 is 0 Å². The summed E-state index contributed by atoms with van der Waals surface area (Å²) >= 11 is 0. The van der Waals surface area contributed by atoms with Gasteiger partial charge in [-0.2, -0.15) is 4.31 Å². The first-order valence-electron chi connectivity index (χ1n) is 6.61. The minimum atomic E-state index is -4.03. The van der Waals surface area contributed by atoms with Crippen LogP contribution in [0.4, 0.5) is 0 Å². The lowest BCUT2D eigenvalue weighted by Crippen LogP contribution is -2.31. The van der Waals surface area contributed by atoms with E-state index in [0.29, 0.717) is 0 Å². The van der Waals surface area contributed by atoms with E-state index in [1.54, 1.807) is 0 Å². The molecule has 1 saturated heterocycles. The number of carbonyl (C=O) groups excluding carboxylic acids is 1. The third-order valence-electron chi connectivity index (χ3n) is 3.69. The van der Waals surface area contributed by atoms with Crippen molar-refractivity contribution in [3.8, 4) is 0 Å². The molecule has 9 heteroatoms. The van der Waals surface area contributed by atoms with Gasteiger partial charge in [0.25, 0.3) is 0 Å². The molecule has 2 heterocycles. The Morgan fingerprint density at radius 3 is 2.45 bits per heavy atom. The number of methoxy groups -OCH3 is 1. The molecule has 1 aromatic rings. The van der Waals surface area contributed by atoms with Gasteiger partial charge in [0.2, 0.25) is 10.0 Å². The van der Waals surface area contributed by atoms with Gasteiger partial charge in [0, 0.05) is 13.1 Å². The first-order valence-corrected chi connectivity index (χ1v) is 8.05. The van der Waals surface area contributed by atoms with Gasteiger partial charge >= 0.3 is 11.9 Å². The molecule has 0 aromatic carbocycles. The third kappa shape index (κ3) is 2.61. The number of furan rings is 1. The topological polar surface area (TPSA) is 114 Å². The van der Waals surface area contributed by atoms with Crippen molar-refractivity contribution in [3.63, 3.8) is 0 Å². The number of sulfonamides is 1. The molecule has 0 aliphatic carbocycles. The molecule has 1 atom stereocenters. The molecule has 0 radical (unpaired) electrons. The smallest absolute Gasteiger partial charge is 0.342 e. The first-order chi connectivity index (χ1) is 10.2. The molecule has 1 fully saturated rings. The Hall–Kier alpha value is -1.87. The number of ether oxygens (including phenoxy) is 1. The van der Waals surface area contributed by atoms with Crippen LogP contribution in [-0.4, -0.2) is 50.0 Å². The van der Waals surface area contributed by atoms with Crippen molar-refractivity contribution in [1.82, 2.24) is 4.31 Å². The molecule has 0 spiro atoms. The monoisotopic (exact) mass is 331 g/mol. The van der Waals surface area contributed by atoms with E-state index in [1.807, 2.05) is 0 Å². The van der Waals surface area contributed by atoms with Gasteiger partial charge in [-0.15, -0.1) is 0 Å². The summed E-state index contributed by atoms with van der Waals surface area (Å²) in [5, 5.41) is 8.99. The number of carboxylic acids is 1. The van der Waals surface area contributed by atoms with E-state index in [2.05, 4.69) is 4.74 Å². The highest BCUT2D eigenvalue weighted by Crippen LogP contribution is 2.32. The van der Waals surface area contributed by atoms with Crippen molar-refractivity contribution in [1.29, 1.82) is 0 Å². The molecule has 22 heavy (non-hydrogen) atoms. The predicted molar refractivity (Wildman–Crippen MR) is 74.0 cm³/mol. The highest BCUT2D eigenvalue weighted by molar-refractivity contribution is 7.89. The number of nitrogens with zero attached hydrogens (tertiary/aromatic N) is 1. The van der Waals surface area contributed by atoms with E-state index in [0.717, 1.165) is 11.4 Å². The molecule has 0 saturated carbocycles. The van der Waals surface area contributed by atoms with Crippen LogP contribution in [-0.2, 0) is 19.6 Å². The van der Waals surface area contributed by atoms with Crippen molar-refractivity contribution in [2.45, 2.75) is 25.2 Å². The quantitative estimate of drug-likeness (QED) is 0.811. The van der Waals surface area contributed by atoms with Crippen LogP contribution in [0.3, 0.4) is 0 Å². The standard InChI is InChI=1S/C13H17NO7S/c1-7-10(13(17)20-3)11(8(2)21-7)22(18,19)14-5-4-9(6-14)12(15)16/h9H,4-6H2,1-3H3,(H,15,16). The van der Waals surface area contributed by atoms with Gasteiger partial charge in [0.15, 0.2) is 0 Å². The Balaban J connectivity index is 2.47. The second-order valence-electron chi connectivity index (χ2n) is 5.10. The summed E-state index contributed by atoms with van der Waals surface area (Å²) in [5.74, 6) is -2.36. The average molecular weight is 331 g/mol. The number of carbonyl (C=O) groups is 2. The Kier molecular flexibility index (Phi) is 4.30. The normalized spacial score (nSPS) is 19.3. The second kappa shape index (κ2) is 5.73. The van der Waals surface area contributed by atoms with Crippen molar-refractivity contribution in [3.05, 3.63) is 17.1 Å². The number of aliphatic carboxylic acids is 1. The highest BCUT2D eigenvalue weighted by atomic mass is 32.2. The van der Waals surface area contributed by atoms with Gasteiger partial charge in [-0.1, -0.05) is 0 Å². The fourth-order valence-electron chi connectivity index (χ4n) is 2.59. The number of rotatable bonds is 4. The zero-order valence-corrected chi connectivity index (χ0v) is 13.3. The minimum Gasteiger partial charge on any atom is -0.481 e. The zero-order valence-electron chi connectivity index (χ0n) is 12.5. The molecule has 1 aromatic heterocycles. The van der Waals surface area contributed by atoms with Gasteiger partial charge in [-0.05, 0) is 20.3 Å². The number of esters is 1. The van der Waals surface area contributed by atoms with Crippen LogP contribution in [0.5, 0.6) is 0 Å². The Bertz CT molecular complexity index is 719. The van der Waals surface area contributed by atoms with Gasteiger partial charge < -0.3 is 14.3 Å². The summed E-state index contributed by atoms with van der Waals surface area (Å²) in [6.07, 6.45) is 0.234. The number of hydrogen-bond donors (Lipinski definition) is 1. The molecule has 1 unspecified atom stereocenters. The van der Waals surface area contributed by atoms with Gasteiger partial charge in [-0.3, -0.25) is 4.79 Å². The Labute approximate surface area is 127 Å². The minimum absolute atomic E-state index is 0.0803. The van der Waals surface area contributed by atoms with Crippen LogP contribution in [0.2, 0.25) is 0 Å². The van der Waals surface area contributed by atoms with Crippen molar-refractivity contribution in [2.75, 3.05) is 20.2 Å². The maximum atomic E-state index is 12.7. The molecule has 1 N–H and O–H groups in total. The van der Waals surface area contributed by atoms with Crippen molar-refractivity contribution in [2.24, 2.45) is 5.92 Å². The molecule has 0 bridgehead atoms. The van der Waals surface area contributed by atoms with Crippen LogP contribution < -0.4 is 0 Å². The first kappa shape index (κ1) is 16.5. The van der Waals surface area contributed by atoms with Crippen LogP contribution in [0.25, 0.3) is 0 Å². The molecular formula is C13H17NO7S. The van der Waals surface area contributed by atoms with Gasteiger partial charge in [0.1, 0.15) is 22.0 Å². The van der Waals surface area contributed by atoms with E-state index in [4.69, 9.17) is 9.52 Å². The molecule has 1 aliphatic heterocycles. The summed E-state index contributed by atoms with van der Waals surface area (Å²) in [4.78, 5) is 22.6. The predicted octanol–water partition coefficient (Wildman–Crippen LogP) is 0.778. The lowest BCUT2D eigenvalue weighted by Gasteiger charge is -2.16. The lowest BCUT2D eigenvalue weighted by atomic mass is 10.1. The van der Waals surface area contributed by atoms with Crippen LogP contribution in [0, 0.1) is 19.8 Å². The Morgan fingerprint density at radius 1 is 1.32 bits per heavy atom. The van der Waals surface area contributed by atoms with E-state index in [1.165, 1.54) is 13.8 Å². The van der Waals surface area contributed by atoms with Gasteiger partial charge in [0.05, 0.1) is 13.0 Å². The van der Waals surface area contributed by atoms with Crippen LogP contribution in [0.15, 0.2) is 9.31 Å². The highest BCUT2D eigenvalue weighted by Gasteiger charge is 2.40. The molecule has 1 aliphatic rings. The summed E-state index contributed by atoms with van der Waals surface area (Å²) in [5.41, 5.74) is -0.140. The van der Waals surface area contributed by atoms with Crippen molar-refractivity contribution >= 4 is 22.0 Å². The second-order valence-corrected chi connectivity index (χ2v) is 6.97. The molecule has 122 valence electrons. The van der Waals surface area contributed by atoms with Crippen molar-refractivity contribution < 1.29 is 32.3 Å². The third-order valence-corrected chi connectivity index (χ3v) is 5.71.